The number of thiophene rings is 1. The molecule has 0 radical (unpaired) electrons. The molecule has 9 heteroatoms. The van der Waals surface area contributed by atoms with Gasteiger partial charge in [0.2, 0.25) is 5.91 Å². The van der Waals surface area contributed by atoms with E-state index in [1.807, 2.05) is 35.7 Å². The summed E-state index contributed by atoms with van der Waals surface area (Å²) in [5, 5.41) is 6.18. The molecule has 0 bridgehead atoms. The van der Waals surface area contributed by atoms with Gasteiger partial charge in [0, 0.05) is 18.1 Å². The first-order valence-corrected chi connectivity index (χ1v) is 13.7. The van der Waals surface area contributed by atoms with Gasteiger partial charge in [0.25, 0.3) is 5.56 Å². The molecule has 176 valence electrons. The Kier molecular flexibility index (Phi) is 8.83. The van der Waals surface area contributed by atoms with Crippen LogP contribution in [0.4, 0.5) is 0 Å². The number of nitrogens with zero attached hydrogens (tertiary/aromatic N) is 3. The number of hydrogen-bond donors (Lipinski definition) is 1. The highest BCUT2D eigenvalue weighted by atomic mass is 35.5. The molecule has 3 aromatic rings. The van der Waals surface area contributed by atoms with Crippen molar-refractivity contribution in [3.05, 3.63) is 56.7 Å². The van der Waals surface area contributed by atoms with Crippen LogP contribution in [0.1, 0.15) is 31.2 Å². The molecule has 0 aliphatic carbocycles. The van der Waals surface area contributed by atoms with Crippen molar-refractivity contribution in [1.29, 1.82) is 0 Å². The number of nitrogens with one attached hydrogen (secondary N) is 1. The first kappa shape index (κ1) is 24.3. The van der Waals surface area contributed by atoms with E-state index in [2.05, 4.69) is 10.2 Å². The van der Waals surface area contributed by atoms with Gasteiger partial charge in [-0.3, -0.25) is 14.2 Å². The minimum absolute atomic E-state index is 0.000657. The summed E-state index contributed by atoms with van der Waals surface area (Å²) in [5.41, 5.74) is 1.83. The Morgan fingerprint density at radius 2 is 1.91 bits per heavy atom. The van der Waals surface area contributed by atoms with Crippen molar-refractivity contribution in [3.63, 3.8) is 0 Å². The van der Waals surface area contributed by atoms with Crippen LogP contribution in [0, 0.1) is 0 Å². The second kappa shape index (κ2) is 12.0. The largest absolute Gasteiger partial charge is 0.355 e. The Bertz CT molecular complexity index is 1120. The van der Waals surface area contributed by atoms with Crippen molar-refractivity contribution >= 4 is 50.8 Å². The van der Waals surface area contributed by atoms with E-state index in [0.717, 1.165) is 38.0 Å². The second-order valence-corrected chi connectivity index (χ2v) is 10.6. The molecule has 1 fully saturated rings. The third kappa shape index (κ3) is 6.82. The number of benzene rings is 1. The fourth-order valence-electron chi connectivity index (χ4n) is 4.04. The number of piperidine rings is 1. The van der Waals surface area contributed by atoms with Crippen LogP contribution in [0.25, 0.3) is 10.2 Å². The van der Waals surface area contributed by atoms with Crippen LogP contribution in [0.3, 0.4) is 0 Å². The average Bonchev–Trinajstić information content (AvgIpc) is 3.30. The van der Waals surface area contributed by atoms with Crippen LogP contribution in [0.15, 0.2) is 45.7 Å². The van der Waals surface area contributed by atoms with Crippen molar-refractivity contribution in [3.8, 4) is 0 Å². The highest BCUT2D eigenvalue weighted by Crippen LogP contribution is 2.21. The monoisotopic (exact) mass is 504 g/mol. The predicted molar refractivity (Wildman–Crippen MR) is 138 cm³/mol. The van der Waals surface area contributed by atoms with Gasteiger partial charge in [0.1, 0.15) is 4.70 Å². The topological polar surface area (TPSA) is 67.2 Å². The number of hydrogen-bond acceptors (Lipinski definition) is 6. The Labute approximate surface area is 207 Å². The van der Waals surface area contributed by atoms with Gasteiger partial charge in [0.05, 0.1) is 11.3 Å². The van der Waals surface area contributed by atoms with E-state index >= 15 is 0 Å². The Morgan fingerprint density at radius 3 is 2.70 bits per heavy atom. The minimum atomic E-state index is -0.0616. The zero-order chi connectivity index (χ0) is 23.0. The lowest BCUT2D eigenvalue weighted by molar-refractivity contribution is -0.118. The summed E-state index contributed by atoms with van der Waals surface area (Å²) in [5.74, 6) is 0.169. The first-order valence-electron chi connectivity index (χ1n) is 11.4. The molecule has 1 amide bonds. The van der Waals surface area contributed by atoms with Gasteiger partial charge >= 0.3 is 0 Å². The SMILES string of the molecule is O=C(CSc1nc2ccsc2c(=O)n1CCCN1CCCCC1)NCCc1ccc(Cl)cc1. The zero-order valence-electron chi connectivity index (χ0n) is 18.6. The predicted octanol–water partition coefficient (Wildman–Crippen LogP) is 4.44. The summed E-state index contributed by atoms with van der Waals surface area (Å²) < 4.78 is 2.44. The lowest BCUT2D eigenvalue weighted by Crippen LogP contribution is -2.32. The number of carbonyl (C=O) groups is 1. The summed E-state index contributed by atoms with van der Waals surface area (Å²) in [6.45, 7) is 4.46. The molecule has 4 rings (SSSR count). The molecular weight excluding hydrogens is 476 g/mol. The molecule has 1 aromatic carbocycles. The van der Waals surface area contributed by atoms with Gasteiger partial charge in [-0.05, 0) is 74.5 Å². The Balaban J connectivity index is 1.34. The maximum atomic E-state index is 13.1. The van der Waals surface area contributed by atoms with Crippen LogP contribution in [-0.4, -0.2) is 52.3 Å². The van der Waals surface area contributed by atoms with Crippen molar-refractivity contribution in [2.24, 2.45) is 0 Å². The summed E-state index contributed by atoms with van der Waals surface area (Å²) in [4.78, 5) is 32.7. The number of carbonyl (C=O) groups excluding carboxylic acids is 1. The molecular formula is C24H29ClN4O2S2. The number of amides is 1. The van der Waals surface area contributed by atoms with E-state index in [1.165, 1.54) is 42.4 Å². The van der Waals surface area contributed by atoms with Crippen LogP contribution >= 0.6 is 34.7 Å². The molecule has 1 aliphatic heterocycles. The molecule has 1 aliphatic rings. The van der Waals surface area contributed by atoms with Crippen LogP contribution in [0.2, 0.25) is 5.02 Å². The maximum absolute atomic E-state index is 13.1. The Hall–Kier alpha value is -1.87. The lowest BCUT2D eigenvalue weighted by Gasteiger charge is -2.26. The maximum Gasteiger partial charge on any atom is 0.272 e. The van der Waals surface area contributed by atoms with E-state index in [-0.39, 0.29) is 17.2 Å². The number of rotatable bonds is 10. The molecule has 0 unspecified atom stereocenters. The van der Waals surface area contributed by atoms with E-state index in [9.17, 15) is 9.59 Å². The zero-order valence-corrected chi connectivity index (χ0v) is 21.0. The van der Waals surface area contributed by atoms with Crippen molar-refractivity contribution in [2.45, 2.75) is 43.8 Å². The summed E-state index contributed by atoms with van der Waals surface area (Å²) in [6.07, 6.45) is 5.48. The second-order valence-electron chi connectivity index (χ2n) is 8.26. The van der Waals surface area contributed by atoms with Crippen LogP contribution < -0.4 is 10.9 Å². The summed E-state index contributed by atoms with van der Waals surface area (Å²) in [6, 6.07) is 9.50. The number of likely N-dealkylation sites (tertiary alicyclic amines) is 1. The van der Waals surface area contributed by atoms with Crippen molar-refractivity contribution < 1.29 is 4.79 Å². The van der Waals surface area contributed by atoms with Gasteiger partial charge in [-0.2, -0.15) is 0 Å². The number of thioether (sulfide) groups is 1. The molecule has 6 nitrogen and oxygen atoms in total. The highest BCUT2D eigenvalue weighted by molar-refractivity contribution is 7.99. The Morgan fingerprint density at radius 1 is 1.12 bits per heavy atom. The van der Waals surface area contributed by atoms with Crippen molar-refractivity contribution in [2.75, 3.05) is 31.9 Å². The summed E-state index contributed by atoms with van der Waals surface area (Å²) >= 11 is 8.68. The van der Waals surface area contributed by atoms with Crippen molar-refractivity contribution in [1.82, 2.24) is 19.8 Å². The quantitative estimate of drug-likeness (QED) is 0.326. The number of halogens is 1. The standard InChI is InChI=1S/C24H29ClN4O2S2/c25-19-7-5-18(6-8-19)9-11-26-21(30)17-33-24-27-20-10-16-32-22(20)23(31)29(24)15-4-14-28-12-2-1-3-13-28/h5-8,10,16H,1-4,9,11-15,17H2,(H,26,30). The van der Waals surface area contributed by atoms with Gasteiger partial charge in [-0.1, -0.05) is 41.9 Å². The van der Waals surface area contributed by atoms with Gasteiger partial charge < -0.3 is 10.2 Å². The van der Waals surface area contributed by atoms with E-state index in [0.29, 0.717) is 33.5 Å². The van der Waals surface area contributed by atoms with Gasteiger partial charge in [0.15, 0.2) is 5.16 Å². The normalized spacial score (nSPS) is 14.6. The van der Waals surface area contributed by atoms with E-state index < -0.39 is 0 Å². The number of fused-ring (bicyclic) bond motifs is 1. The summed E-state index contributed by atoms with van der Waals surface area (Å²) in [7, 11) is 0. The lowest BCUT2D eigenvalue weighted by atomic mass is 10.1. The average molecular weight is 505 g/mol. The molecule has 0 spiro atoms. The first-order chi connectivity index (χ1) is 16.1. The molecule has 3 heterocycles. The highest BCUT2D eigenvalue weighted by Gasteiger charge is 2.15. The van der Waals surface area contributed by atoms with Crippen LogP contribution in [-0.2, 0) is 17.8 Å². The van der Waals surface area contributed by atoms with Gasteiger partial charge in [-0.15, -0.1) is 11.3 Å². The molecule has 2 aromatic heterocycles. The molecule has 0 saturated carbocycles. The fraction of sp³-hybridized carbons (Fsp3) is 0.458. The number of aromatic nitrogens is 2. The minimum Gasteiger partial charge on any atom is -0.355 e. The third-order valence-corrected chi connectivity index (χ3v) is 7.94. The van der Waals surface area contributed by atoms with E-state index in [1.54, 1.807) is 4.57 Å². The molecule has 1 saturated heterocycles. The van der Waals surface area contributed by atoms with E-state index in [4.69, 9.17) is 16.6 Å². The third-order valence-electron chi connectivity index (χ3n) is 5.82. The smallest absolute Gasteiger partial charge is 0.272 e. The molecule has 1 N–H and O–H groups in total. The van der Waals surface area contributed by atoms with Gasteiger partial charge in [-0.25, -0.2) is 4.98 Å². The fourth-order valence-corrected chi connectivity index (χ4v) is 5.80. The molecule has 33 heavy (non-hydrogen) atoms. The molecule has 0 atom stereocenters. The van der Waals surface area contributed by atoms with Crippen LogP contribution in [0.5, 0.6) is 0 Å².